The van der Waals surface area contributed by atoms with Crippen LogP contribution in [0.3, 0.4) is 0 Å². The molecule has 18 heavy (non-hydrogen) atoms. The second-order valence-corrected chi connectivity index (χ2v) is 3.69. The van der Waals surface area contributed by atoms with Crippen LogP contribution in [-0.4, -0.2) is 26.2 Å². The number of rotatable bonds is 2. The first kappa shape index (κ1) is 12.1. The van der Waals surface area contributed by atoms with E-state index in [0.29, 0.717) is 5.56 Å². The highest BCUT2D eigenvalue weighted by molar-refractivity contribution is 6.07. The number of carbonyl (C=O) groups excluding carboxylic acids is 2. The summed E-state index contributed by atoms with van der Waals surface area (Å²) < 4.78 is 9.44. The summed E-state index contributed by atoms with van der Waals surface area (Å²) in [6.07, 6.45) is 0. The molecule has 0 fully saturated rings. The molecule has 4 heteroatoms. The van der Waals surface area contributed by atoms with Crippen LogP contribution in [0.25, 0.3) is 11.1 Å². The molecule has 0 heterocycles. The Balaban J connectivity index is 2.76. The van der Waals surface area contributed by atoms with Gasteiger partial charge in [0, 0.05) is 0 Å². The van der Waals surface area contributed by atoms with Crippen molar-refractivity contribution in [3.63, 3.8) is 0 Å². The van der Waals surface area contributed by atoms with E-state index in [2.05, 4.69) is 0 Å². The summed E-state index contributed by atoms with van der Waals surface area (Å²) in [7, 11) is 2.56. The van der Waals surface area contributed by atoms with Crippen LogP contribution in [0.4, 0.5) is 0 Å². The zero-order valence-electron chi connectivity index (χ0n) is 10.1. The monoisotopic (exact) mass is 244 g/mol. The van der Waals surface area contributed by atoms with E-state index in [1.165, 1.54) is 14.2 Å². The molecule has 0 saturated heterocycles. The molecule has 0 saturated carbocycles. The summed E-state index contributed by atoms with van der Waals surface area (Å²) in [5.41, 5.74) is 1.97. The fourth-order valence-electron chi connectivity index (χ4n) is 1.89. The van der Waals surface area contributed by atoms with E-state index in [4.69, 9.17) is 9.47 Å². The van der Waals surface area contributed by atoms with Crippen molar-refractivity contribution in [3.8, 4) is 11.1 Å². The first-order valence-corrected chi connectivity index (χ1v) is 5.37. The van der Waals surface area contributed by atoms with Crippen LogP contribution in [0.2, 0.25) is 0 Å². The van der Waals surface area contributed by atoms with Gasteiger partial charge in [0.15, 0.2) is 0 Å². The number of methoxy groups -OCH3 is 2. The fourth-order valence-corrected chi connectivity index (χ4v) is 1.89. The van der Waals surface area contributed by atoms with Gasteiger partial charge in [-0.25, -0.2) is 9.59 Å². The van der Waals surface area contributed by atoms with Gasteiger partial charge in [0.1, 0.15) is 0 Å². The van der Waals surface area contributed by atoms with Crippen molar-refractivity contribution in [1.82, 2.24) is 0 Å². The third-order valence-electron chi connectivity index (χ3n) is 2.72. The number of hydrogen-bond donors (Lipinski definition) is 0. The van der Waals surface area contributed by atoms with E-state index in [-0.39, 0.29) is 11.1 Å². The molecule has 0 radical (unpaired) electrons. The average Bonchev–Trinajstić information content (AvgIpc) is 2.77. The Labute approximate surface area is 104 Å². The van der Waals surface area contributed by atoms with Gasteiger partial charge in [0.25, 0.3) is 0 Å². The quantitative estimate of drug-likeness (QED) is 0.761. The van der Waals surface area contributed by atoms with Gasteiger partial charge in [-0.05, 0) is 17.2 Å². The van der Waals surface area contributed by atoms with Crippen LogP contribution < -0.4 is 0 Å². The highest BCUT2D eigenvalue weighted by Crippen LogP contribution is 2.29. The van der Waals surface area contributed by atoms with Gasteiger partial charge in [0.2, 0.25) is 0 Å². The zero-order valence-corrected chi connectivity index (χ0v) is 10.1. The lowest BCUT2D eigenvalue weighted by Gasteiger charge is -2.06. The summed E-state index contributed by atoms with van der Waals surface area (Å²) in [5, 5.41) is 0. The second-order valence-electron chi connectivity index (χ2n) is 3.69. The minimum absolute atomic E-state index is 0.200. The summed E-state index contributed by atoms with van der Waals surface area (Å²) in [5.74, 6) is -1.11. The smallest absolute Gasteiger partial charge is 0.339 e. The fraction of sp³-hybridized carbons (Fsp3) is 0.143. The minimum Gasteiger partial charge on any atom is -0.465 e. The highest BCUT2D eigenvalue weighted by Gasteiger charge is 2.22. The molecule has 0 aliphatic heterocycles. The van der Waals surface area contributed by atoms with Crippen molar-refractivity contribution < 1.29 is 19.1 Å². The molecule has 0 aromatic carbocycles. The number of esters is 2. The second kappa shape index (κ2) is 4.87. The Morgan fingerprint density at radius 3 is 2.11 bits per heavy atom. The lowest BCUT2D eigenvalue weighted by atomic mass is 10.0. The van der Waals surface area contributed by atoms with E-state index in [1.54, 1.807) is 18.2 Å². The van der Waals surface area contributed by atoms with E-state index in [9.17, 15) is 9.59 Å². The van der Waals surface area contributed by atoms with Gasteiger partial charge in [0.05, 0.1) is 25.3 Å². The molecule has 2 aliphatic rings. The van der Waals surface area contributed by atoms with Crippen molar-refractivity contribution in [2.24, 2.45) is 0 Å². The molecule has 0 spiro atoms. The molecule has 0 aromatic rings. The van der Waals surface area contributed by atoms with Gasteiger partial charge in [-0.3, -0.25) is 0 Å². The van der Waals surface area contributed by atoms with Gasteiger partial charge < -0.3 is 9.47 Å². The van der Waals surface area contributed by atoms with Crippen LogP contribution in [0.1, 0.15) is 20.7 Å². The van der Waals surface area contributed by atoms with Crippen LogP contribution >= 0.6 is 0 Å². The topological polar surface area (TPSA) is 52.6 Å². The van der Waals surface area contributed by atoms with E-state index in [0.717, 1.165) is 5.56 Å². The molecule has 2 aliphatic carbocycles. The van der Waals surface area contributed by atoms with Gasteiger partial charge in [-0.15, -0.1) is 0 Å². The van der Waals surface area contributed by atoms with Crippen molar-refractivity contribution in [2.75, 3.05) is 14.2 Å². The average molecular weight is 244 g/mol. The highest BCUT2D eigenvalue weighted by atomic mass is 16.5. The number of ether oxygens (including phenoxy) is 2. The van der Waals surface area contributed by atoms with Crippen molar-refractivity contribution in [3.05, 3.63) is 47.5 Å². The first-order valence-electron chi connectivity index (χ1n) is 5.37. The van der Waals surface area contributed by atoms with Gasteiger partial charge >= 0.3 is 11.9 Å². The van der Waals surface area contributed by atoms with E-state index >= 15 is 0 Å². The van der Waals surface area contributed by atoms with Crippen molar-refractivity contribution in [1.29, 1.82) is 0 Å². The van der Waals surface area contributed by atoms with E-state index in [1.807, 2.05) is 18.2 Å². The summed E-state index contributed by atoms with van der Waals surface area (Å²) >= 11 is 0. The lowest BCUT2D eigenvalue weighted by molar-refractivity contribution is 0.0556. The van der Waals surface area contributed by atoms with E-state index < -0.39 is 11.9 Å². The number of hydrogen-bond acceptors (Lipinski definition) is 4. The molecule has 4 nitrogen and oxygen atoms in total. The van der Waals surface area contributed by atoms with Gasteiger partial charge in [-0.2, -0.15) is 0 Å². The molecular formula is C14H12O4. The van der Waals surface area contributed by atoms with Crippen molar-refractivity contribution >= 4 is 11.9 Å². The SMILES string of the molecule is COC(=O)c1cccc2cccc-2c1C(=O)OC. The Hall–Kier alpha value is -2.36. The maximum absolute atomic E-state index is 11.9. The molecule has 0 bridgehead atoms. The lowest BCUT2D eigenvalue weighted by Crippen LogP contribution is -2.11. The summed E-state index contributed by atoms with van der Waals surface area (Å²) in [4.78, 5) is 23.6. The minimum atomic E-state index is -0.561. The first-order chi connectivity index (χ1) is 8.69. The largest absolute Gasteiger partial charge is 0.465 e. The maximum atomic E-state index is 11.9. The van der Waals surface area contributed by atoms with Crippen LogP contribution in [0, 0.1) is 0 Å². The molecule has 0 atom stereocenters. The Kier molecular flexibility index (Phi) is 3.28. The molecular weight excluding hydrogens is 232 g/mol. The molecule has 0 unspecified atom stereocenters. The maximum Gasteiger partial charge on any atom is 0.339 e. The Bertz CT molecular complexity index is 574. The molecule has 2 rings (SSSR count). The molecule has 0 aromatic heterocycles. The predicted molar refractivity (Wildman–Crippen MR) is 65.7 cm³/mol. The van der Waals surface area contributed by atoms with Gasteiger partial charge in [-0.1, -0.05) is 30.3 Å². The third kappa shape index (κ3) is 1.93. The summed E-state index contributed by atoms with van der Waals surface area (Å²) in [6.45, 7) is 0. The summed E-state index contributed by atoms with van der Waals surface area (Å²) in [6, 6.07) is 10.5. The number of carbonyl (C=O) groups is 2. The van der Waals surface area contributed by atoms with Crippen molar-refractivity contribution in [2.45, 2.75) is 0 Å². The Morgan fingerprint density at radius 2 is 1.50 bits per heavy atom. The van der Waals surface area contributed by atoms with Crippen LogP contribution in [0.5, 0.6) is 0 Å². The third-order valence-corrected chi connectivity index (χ3v) is 2.72. The van der Waals surface area contributed by atoms with Crippen LogP contribution in [-0.2, 0) is 9.47 Å². The predicted octanol–water partition coefficient (Wildman–Crippen LogP) is 2.36. The molecule has 0 amide bonds. The number of fused-ring (bicyclic) bond motifs is 1. The normalized spacial score (nSPS) is 10.1. The standard InChI is InChI=1S/C14H12O4/c1-17-13(15)11-8-4-6-9-5-3-7-10(9)12(11)14(16)18-2/h3-8H,1-2H3. The van der Waals surface area contributed by atoms with Crippen LogP contribution in [0.15, 0.2) is 36.4 Å². The molecule has 0 N–H and O–H groups in total. The Morgan fingerprint density at radius 1 is 0.889 bits per heavy atom. The zero-order chi connectivity index (χ0) is 13.1. The molecule has 92 valence electrons.